The molecule has 0 aromatic heterocycles. The zero-order valence-corrected chi connectivity index (χ0v) is 41.5. The van der Waals surface area contributed by atoms with E-state index in [0.29, 0.717) is 30.8 Å². The Morgan fingerprint density at radius 3 is 2.10 bits per heavy atom. The van der Waals surface area contributed by atoms with Gasteiger partial charge in [-0.15, -0.1) is 0 Å². The SMILES string of the molecule is CCO[C@@H]1C[C@@H]2OC(c3ccc(OC)cc3)O[C@H]3[C@@H](C)C4=C(C)[C@@H](OC(=O)C5OC(c6ccc(OC)cc6)N(C(=O)OCc6ccccc6)[C@H]5CC(C)C)C[C@@]4(C(C)(C)O)[C@@H](C)[C@H]([C@H]1C)[C@@]23C. The van der Waals surface area contributed by atoms with Crippen LogP contribution in [0.2, 0.25) is 0 Å². The van der Waals surface area contributed by atoms with Crippen molar-refractivity contribution in [3.63, 3.8) is 0 Å². The third-order valence-corrected chi connectivity index (χ3v) is 16.4. The fourth-order valence-corrected chi connectivity index (χ4v) is 13.5. The van der Waals surface area contributed by atoms with Crippen LogP contribution in [0.1, 0.15) is 118 Å². The maximum atomic E-state index is 15.1. The summed E-state index contributed by atoms with van der Waals surface area (Å²) in [6.07, 6.45) is -3.08. The van der Waals surface area contributed by atoms with Crippen molar-refractivity contribution in [2.75, 3.05) is 20.8 Å². The van der Waals surface area contributed by atoms with Crippen LogP contribution >= 0.6 is 0 Å². The highest BCUT2D eigenvalue weighted by molar-refractivity contribution is 5.79. The van der Waals surface area contributed by atoms with Crippen LogP contribution in [0.5, 0.6) is 11.5 Å². The fraction of sp³-hybridized carbons (Fsp3) is 0.600. The Morgan fingerprint density at radius 2 is 1.52 bits per heavy atom. The van der Waals surface area contributed by atoms with Gasteiger partial charge in [0.05, 0.1) is 44.2 Å². The van der Waals surface area contributed by atoms with E-state index >= 15 is 4.79 Å². The van der Waals surface area contributed by atoms with Gasteiger partial charge in [-0.3, -0.25) is 4.90 Å². The second kappa shape index (κ2) is 19.1. The molecule has 12 heteroatoms. The number of hydrogen-bond acceptors (Lipinski definition) is 11. The molecule has 4 fully saturated rings. The molecule has 0 radical (unpaired) electrons. The Hall–Kier alpha value is -4.46. The van der Waals surface area contributed by atoms with Gasteiger partial charge in [-0.1, -0.05) is 102 Å². The van der Waals surface area contributed by atoms with E-state index in [1.165, 1.54) is 0 Å². The van der Waals surface area contributed by atoms with Gasteiger partial charge in [-0.25, -0.2) is 9.59 Å². The molecule has 5 aliphatic rings. The largest absolute Gasteiger partial charge is 0.497 e. The van der Waals surface area contributed by atoms with Gasteiger partial charge in [0.25, 0.3) is 0 Å². The van der Waals surface area contributed by atoms with E-state index < -0.39 is 59.3 Å². The molecule has 0 bridgehead atoms. The Balaban J connectivity index is 1.17. The third-order valence-electron chi connectivity index (χ3n) is 16.4. The Labute approximate surface area is 397 Å². The quantitative estimate of drug-likeness (QED) is 0.130. The number of hydrogen-bond donors (Lipinski definition) is 1. The van der Waals surface area contributed by atoms with Crippen molar-refractivity contribution >= 4 is 12.1 Å². The van der Waals surface area contributed by atoms with Crippen LogP contribution in [0.15, 0.2) is 90.0 Å². The van der Waals surface area contributed by atoms with Crippen LogP contribution in [0, 0.1) is 40.4 Å². The summed E-state index contributed by atoms with van der Waals surface area (Å²) in [7, 11) is 3.25. The van der Waals surface area contributed by atoms with Crippen molar-refractivity contribution in [3.8, 4) is 11.5 Å². The summed E-state index contributed by atoms with van der Waals surface area (Å²) in [6, 6.07) is 24.0. The Kier molecular flexibility index (Phi) is 14.0. The lowest BCUT2D eigenvalue weighted by molar-refractivity contribution is -0.345. The van der Waals surface area contributed by atoms with Crippen LogP contribution in [-0.4, -0.2) is 85.1 Å². The number of methoxy groups -OCH3 is 2. The molecule has 8 rings (SSSR count). The summed E-state index contributed by atoms with van der Waals surface area (Å²) in [5.41, 5.74) is 1.81. The van der Waals surface area contributed by atoms with Crippen LogP contribution in [0.25, 0.3) is 0 Å². The molecule has 3 aromatic carbocycles. The number of esters is 1. The number of benzene rings is 3. The first-order valence-corrected chi connectivity index (χ1v) is 24.4. The molecule has 3 aliphatic carbocycles. The Morgan fingerprint density at radius 1 is 0.896 bits per heavy atom. The molecule has 67 heavy (non-hydrogen) atoms. The van der Waals surface area contributed by atoms with Gasteiger partial charge < -0.3 is 43.0 Å². The molecule has 3 unspecified atom stereocenters. The molecule has 12 nitrogen and oxygen atoms in total. The van der Waals surface area contributed by atoms with Crippen molar-refractivity contribution in [1.82, 2.24) is 4.90 Å². The predicted octanol–water partition coefficient (Wildman–Crippen LogP) is 10.4. The molecular weight excluding hydrogens is 851 g/mol. The lowest BCUT2D eigenvalue weighted by atomic mass is 9.49. The van der Waals surface area contributed by atoms with Crippen molar-refractivity contribution in [2.45, 2.75) is 150 Å². The first-order valence-electron chi connectivity index (χ1n) is 24.4. The molecule has 1 amide bonds. The van der Waals surface area contributed by atoms with Gasteiger partial charge in [0.2, 0.25) is 0 Å². The van der Waals surface area contributed by atoms with Gasteiger partial charge in [-0.05, 0) is 93.2 Å². The van der Waals surface area contributed by atoms with Crippen molar-refractivity contribution in [2.24, 2.45) is 40.4 Å². The van der Waals surface area contributed by atoms with E-state index in [2.05, 4.69) is 48.5 Å². The lowest BCUT2D eigenvalue weighted by Gasteiger charge is -2.61. The summed E-state index contributed by atoms with van der Waals surface area (Å²) in [6.45, 7) is 21.8. The van der Waals surface area contributed by atoms with Crippen LogP contribution in [-0.2, 0) is 39.8 Å². The molecule has 2 heterocycles. The van der Waals surface area contributed by atoms with Gasteiger partial charge in [0.1, 0.15) is 24.2 Å². The normalized spacial score (nSPS) is 34.9. The van der Waals surface area contributed by atoms with Crippen LogP contribution in [0.4, 0.5) is 4.79 Å². The monoisotopic (exact) mass is 924 g/mol. The van der Waals surface area contributed by atoms with Gasteiger partial charge >= 0.3 is 12.1 Å². The summed E-state index contributed by atoms with van der Waals surface area (Å²) in [5.74, 6) is 0.643. The average Bonchev–Trinajstić information content (AvgIpc) is 3.81. The van der Waals surface area contributed by atoms with E-state index in [0.717, 1.165) is 34.4 Å². The lowest BCUT2D eigenvalue weighted by Crippen LogP contribution is -2.64. The molecular formula is C55H73NO11. The number of rotatable bonds is 13. The van der Waals surface area contributed by atoms with E-state index in [-0.39, 0.29) is 54.5 Å². The maximum Gasteiger partial charge on any atom is 0.412 e. The first-order chi connectivity index (χ1) is 31.9. The minimum atomic E-state index is -1.25. The molecule has 0 spiro atoms. The van der Waals surface area contributed by atoms with Crippen molar-refractivity contribution < 1.29 is 52.6 Å². The number of nitrogens with zero attached hydrogens (tertiary/aromatic N) is 1. The molecule has 2 saturated heterocycles. The zero-order valence-electron chi connectivity index (χ0n) is 41.5. The highest BCUT2D eigenvalue weighted by Crippen LogP contribution is 2.70. The summed E-state index contributed by atoms with van der Waals surface area (Å²) in [5, 5.41) is 12.8. The van der Waals surface area contributed by atoms with Gasteiger partial charge in [0.15, 0.2) is 18.6 Å². The number of aliphatic hydroxyl groups is 1. The van der Waals surface area contributed by atoms with E-state index in [9.17, 15) is 9.90 Å². The minimum Gasteiger partial charge on any atom is -0.497 e. The van der Waals surface area contributed by atoms with Gasteiger partial charge in [-0.2, -0.15) is 0 Å². The number of carbonyl (C=O) groups is 2. The molecule has 14 atom stereocenters. The highest BCUT2D eigenvalue weighted by atomic mass is 16.7. The zero-order chi connectivity index (χ0) is 48.2. The first kappa shape index (κ1) is 49.0. The molecule has 2 saturated carbocycles. The van der Waals surface area contributed by atoms with Gasteiger partial charge in [0, 0.05) is 47.3 Å². The third kappa shape index (κ3) is 8.57. The molecule has 2 aliphatic heterocycles. The van der Waals surface area contributed by atoms with Crippen molar-refractivity contribution in [3.05, 3.63) is 107 Å². The van der Waals surface area contributed by atoms with Crippen molar-refractivity contribution in [1.29, 1.82) is 0 Å². The summed E-state index contributed by atoms with van der Waals surface area (Å²) in [4.78, 5) is 31.0. The summed E-state index contributed by atoms with van der Waals surface area (Å²) >= 11 is 0. The average molecular weight is 924 g/mol. The second-order valence-electron chi connectivity index (χ2n) is 20.9. The topological polar surface area (TPSA) is 131 Å². The van der Waals surface area contributed by atoms with Crippen LogP contribution < -0.4 is 9.47 Å². The standard InChI is InChI=1S/C55H73NO11/c1-13-62-42-28-44-54(10)46(32(42)4)35(7)55(53(8,9)59)29-43(33(5)45(55)34(6)48(54)67-51(65-44)38-21-25-40(61-12)26-22-38)64-50(57)47-41(27-31(2)3)56(52(58)63-30-36-17-15-14-16-18-36)49(66-47)37-19-23-39(60-11)24-20-37/h14-26,31-32,34-35,41-44,46-49,51,59H,13,27-30H2,1-12H3/t32-,34-,35-,41-,42+,43-,44-,46-,47?,48-,49?,51?,54+,55+/m0/s1. The predicted molar refractivity (Wildman–Crippen MR) is 253 cm³/mol. The molecule has 364 valence electrons. The Bertz CT molecular complexity index is 2240. The molecule has 3 aromatic rings. The summed E-state index contributed by atoms with van der Waals surface area (Å²) < 4.78 is 51.4. The van der Waals surface area contributed by atoms with Crippen LogP contribution in [0.3, 0.4) is 0 Å². The number of carbonyl (C=O) groups excluding carboxylic acids is 2. The number of fused-ring (bicyclic) bond motifs is 1. The van der Waals surface area contributed by atoms with E-state index in [1.54, 1.807) is 19.1 Å². The van der Waals surface area contributed by atoms with E-state index in [4.69, 9.17) is 37.9 Å². The highest BCUT2D eigenvalue weighted by Gasteiger charge is 2.71. The number of ether oxygens (including phenoxy) is 8. The second-order valence-corrected chi connectivity index (χ2v) is 20.9. The smallest absolute Gasteiger partial charge is 0.412 e. The minimum absolute atomic E-state index is 0.0208. The maximum absolute atomic E-state index is 15.1. The van der Waals surface area contributed by atoms with E-state index in [1.807, 2.05) is 99.6 Å². The number of amides is 1. The molecule has 1 N–H and O–H groups in total. The fourth-order valence-electron chi connectivity index (χ4n) is 13.5.